The minimum absolute atomic E-state index is 0.289. The molecule has 0 bridgehead atoms. The maximum Gasteiger partial charge on any atom is 0.195 e. The number of ether oxygens (including phenoxy) is 1. The lowest BCUT2D eigenvalue weighted by Gasteiger charge is -2.11. The number of rotatable bonds is 6. The van der Waals surface area contributed by atoms with Gasteiger partial charge in [-0.2, -0.15) is 0 Å². The van der Waals surface area contributed by atoms with Crippen LogP contribution in [0.3, 0.4) is 0 Å². The van der Waals surface area contributed by atoms with E-state index in [0.717, 1.165) is 0 Å². The summed E-state index contributed by atoms with van der Waals surface area (Å²) < 4.78 is 5.10. The lowest BCUT2D eigenvalue weighted by molar-refractivity contribution is 0.113. The van der Waals surface area contributed by atoms with Crippen molar-refractivity contribution in [2.24, 2.45) is 5.84 Å². The van der Waals surface area contributed by atoms with Crippen LogP contribution in [0.25, 0.3) is 0 Å². The van der Waals surface area contributed by atoms with Crippen molar-refractivity contribution < 1.29 is 14.9 Å². The molecule has 0 fully saturated rings. The zero-order chi connectivity index (χ0) is 12.0. The quantitative estimate of drug-likeness (QED) is 0.224. The summed E-state index contributed by atoms with van der Waals surface area (Å²) in [5, 5.41) is 18.4. The summed E-state index contributed by atoms with van der Waals surface area (Å²) in [6.07, 6.45) is 0.546. The van der Waals surface area contributed by atoms with Gasteiger partial charge in [0.05, 0.1) is 19.8 Å². The highest BCUT2D eigenvalue weighted by Crippen LogP contribution is 2.31. The van der Waals surface area contributed by atoms with Crippen molar-refractivity contribution in [3.05, 3.63) is 6.33 Å². The zero-order valence-electron chi connectivity index (χ0n) is 8.75. The number of thioether (sulfide) groups is 1. The summed E-state index contributed by atoms with van der Waals surface area (Å²) in [4.78, 5) is 7.88. The molecule has 1 heterocycles. The molecule has 0 aromatic carbocycles. The highest BCUT2D eigenvalue weighted by molar-refractivity contribution is 7.99. The van der Waals surface area contributed by atoms with Crippen LogP contribution in [0, 0.1) is 0 Å². The van der Waals surface area contributed by atoms with Gasteiger partial charge in [-0.3, -0.25) is 0 Å². The zero-order valence-corrected chi connectivity index (χ0v) is 9.57. The van der Waals surface area contributed by atoms with E-state index in [1.54, 1.807) is 0 Å². The molecule has 1 aromatic heterocycles. The van der Waals surface area contributed by atoms with E-state index in [9.17, 15) is 5.11 Å². The standard InChI is InChI=1S/C8H14N4O3S/c1-15-6-7(12-9)10-4-11-8(6)16-3-5(14)2-13/h4-5,13-14H,2-3,9H2,1H3,(H,10,11,12). The van der Waals surface area contributed by atoms with E-state index in [2.05, 4.69) is 15.4 Å². The van der Waals surface area contributed by atoms with Gasteiger partial charge in [-0.05, 0) is 0 Å². The number of hydrazine groups is 1. The third-order valence-corrected chi connectivity index (χ3v) is 2.85. The number of hydrogen-bond acceptors (Lipinski definition) is 8. The number of aliphatic hydroxyl groups excluding tert-OH is 2. The predicted octanol–water partition coefficient (Wildman–Crippen LogP) is -0.784. The number of methoxy groups -OCH3 is 1. The van der Waals surface area contributed by atoms with Crippen LogP contribution in [-0.4, -0.2) is 45.8 Å². The van der Waals surface area contributed by atoms with Crippen LogP contribution in [-0.2, 0) is 0 Å². The van der Waals surface area contributed by atoms with Crippen molar-refractivity contribution in [2.75, 3.05) is 24.9 Å². The molecule has 0 radical (unpaired) electrons. The maximum atomic E-state index is 9.21. The maximum absolute atomic E-state index is 9.21. The molecule has 0 aliphatic carbocycles. The van der Waals surface area contributed by atoms with Gasteiger partial charge < -0.3 is 20.4 Å². The van der Waals surface area contributed by atoms with Crippen molar-refractivity contribution in [2.45, 2.75) is 11.1 Å². The average molecular weight is 246 g/mol. The smallest absolute Gasteiger partial charge is 0.195 e. The van der Waals surface area contributed by atoms with Crippen molar-refractivity contribution in [3.63, 3.8) is 0 Å². The Labute approximate surface area is 97.0 Å². The second-order valence-electron chi connectivity index (χ2n) is 2.85. The third-order valence-electron chi connectivity index (χ3n) is 1.74. The summed E-state index contributed by atoms with van der Waals surface area (Å²) in [5.41, 5.74) is 2.39. The number of aromatic nitrogens is 2. The normalized spacial score (nSPS) is 12.2. The SMILES string of the molecule is COc1c(NN)ncnc1SCC(O)CO. The van der Waals surface area contributed by atoms with E-state index in [-0.39, 0.29) is 6.61 Å². The van der Waals surface area contributed by atoms with Crippen LogP contribution >= 0.6 is 11.8 Å². The first-order valence-corrected chi connectivity index (χ1v) is 5.48. The molecular formula is C8H14N4O3S. The van der Waals surface area contributed by atoms with Gasteiger partial charge in [-0.15, -0.1) is 0 Å². The lowest BCUT2D eigenvalue weighted by atomic mass is 10.4. The first-order chi connectivity index (χ1) is 7.72. The van der Waals surface area contributed by atoms with Crippen LogP contribution < -0.4 is 16.0 Å². The van der Waals surface area contributed by atoms with Gasteiger partial charge in [0.1, 0.15) is 11.4 Å². The average Bonchev–Trinajstić information content (AvgIpc) is 2.34. The molecule has 0 aliphatic rings. The molecule has 1 unspecified atom stereocenters. The second kappa shape index (κ2) is 6.48. The third kappa shape index (κ3) is 3.20. The number of nitrogens with one attached hydrogen (secondary N) is 1. The van der Waals surface area contributed by atoms with E-state index < -0.39 is 6.10 Å². The van der Waals surface area contributed by atoms with E-state index in [1.807, 2.05) is 0 Å². The molecule has 0 saturated carbocycles. The van der Waals surface area contributed by atoms with Crippen molar-refractivity contribution >= 4 is 17.6 Å². The highest BCUT2D eigenvalue weighted by atomic mass is 32.2. The molecule has 1 rings (SSSR count). The van der Waals surface area contributed by atoms with Gasteiger partial charge in [0.25, 0.3) is 0 Å². The van der Waals surface area contributed by atoms with Gasteiger partial charge in [0, 0.05) is 5.75 Å². The molecule has 0 amide bonds. The molecule has 7 nitrogen and oxygen atoms in total. The molecule has 0 spiro atoms. The molecule has 0 saturated heterocycles. The van der Waals surface area contributed by atoms with Gasteiger partial charge in [-0.1, -0.05) is 11.8 Å². The number of hydrogen-bond donors (Lipinski definition) is 4. The Balaban J connectivity index is 2.78. The van der Waals surface area contributed by atoms with Crippen molar-refractivity contribution in [1.82, 2.24) is 9.97 Å². The Morgan fingerprint density at radius 1 is 1.62 bits per heavy atom. The summed E-state index contributed by atoms with van der Waals surface area (Å²) in [6, 6.07) is 0. The first-order valence-electron chi connectivity index (χ1n) is 4.50. The fourth-order valence-corrected chi connectivity index (χ4v) is 1.86. The fraction of sp³-hybridized carbons (Fsp3) is 0.500. The Morgan fingerprint density at radius 2 is 2.38 bits per heavy atom. The minimum atomic E-state index is -0.793. The second-order valence-corrected chi connectivity index (χ2v) is 3.86. The molecule has 5 N–H and O–H groups in total. The molecular weight excluding hydrogens is 232 g/mol. The molecule has 1 atom stereocenters. The topological polar surface area (TPSA) is 114 Å². The monoisotopic (exact) mass is 246 g/mol. The molecule has 8 heteroatoms. The molecule has 16 heavy (non-hydrogen) atoms. The summed E-state index contributed by atoms with van der Waals surface area (Å²) in [6.45, 7) is -0.289. The number of anilines is 1. The Bertz CT molecular complexity index is 339. The fourth-order valence-electron chi connectivity index (χ4n) is 0.975. The number of nitrogens with two attached hydrogens (primary N) is 1. The van der Waals surface area contributed by atoms with Crippen LogP contribution in [0.2, 0.25) is 0 Å². The van der Waals surface area contributed by atoms with Gasteiger partial charge in [0.2, 0.25) is 0 Å². The molecule has 1 aromatic rings. The highest BCUT2D eigenvalue weighted by Gasteiger charge is 2.13. The minimum Gasteiger partial charge on any atom is -0.490 e. The van der Waals surface area contributed by atoms with Crippen LogP contribution in [0.5, 0.6) is 5.75 Å². The summed E-state index contributed by atoms with van der Waals surface area (Å²) >= 11 is 1.25. The van der Waals surface area contributed by atoms with E-state index >= 15 is 0 Å². The summed E-state index contributed by atoms with van der Waals surface area (Å²) in [7, 11) is 1.48. The first kappa shape index (κ1) is 13.0. The van der Waals surface area contributed by atoms with Gasteiger partial charge in [-0.25, -0.2) is 15.8 Å². The largest absolute Gasteiger partial charge is 0.490 e. The Hall–Kier alpha value is -1.09. The summed E-state index contributed by atoms with van der Waals surface area (Å²) in [5.74, 6) is 6.36. The van der Waals surface area contributed by atoms with Gasteiger partial charge in [0.15, 0.2) is 11.6 Å². The predicted molar refractivity (Wildman–Crippen MR) is 60.2 cm³/mol. The van der Waals surface area contributed by atoms with E-state index in [0.29, 0.717) is 22.3 Å². The number of nitrogen functional groups attached to an aromatic ring is 1. The van der Waals surface area contributed by atoms with Gasteiger partial charge >= 0.3 is 0 Å². The van der Waals surface area contributed by atoms with Crippen LogP contribution in [0.15, 0.2) is 11.4 Å². The lowest BCUT2D eigenvalue weighted by Crippen LogP contribution is -2.15. The number of aliphatic hydroxyl groups is 2. The van der Waals surface area contributed by atoms with E-state index in [1.165, 1.54) is 25.2 Å². The van der Waals surface area contributed by atoms with Crippen molar-refractivity contribution in [3.8, 4) is 5.75 Å². The van der Waals surface area contributed by atoms with Crippen LogP contribution in [0.4, 0.5) is 5.82 Å². The van der Waals surface area contributed by atoms with Crippen LogP contribution in [0.1, 0.15) is 0 Å². The Kier molecular flexibility index (Phi) is 5.26. The number of nitrogens with zero attached hydrogens (tertiary/aromatic N) is 2. The molecule has 90 valence electrons. The van der Waals surface area contributed by atoms with E-state index in [4.69, 9.17) is 15.7 Å². The van der Waals surface area contributed by atoms with Crippen molar-refractivity contribution in [1.29, 1.82) is 0 Å². The molecule has 0 aliphatic heterocycles. The Morgan fingerprint density at radius 3 is 2.94 bits per heavy atom.